The van der Waals surface area contributed by atoms with Gasteiger partial charge in [-0.15, -0.1) is 11.3 Å². The highest BCUT2D eigenvalue weighted by Gasteiger charge is 2.20. The molecule has 1 heterocycles. The van der Waals surface area contributed by atoms with Crippen molar-refractivity contribution in [2.75, 3.05) is 0 Å². The number of carbonyl (C=O) groups excluding carboxylic acids is 1. The first-order chi connectivity index (χ1) is 8.68. The lowest BCUT2D eigenvalue weighted by atomic mass is 10.2. The Balaban J connectivity index is 2.17. The van der Waals surface area contributed by atoms with Crippen LogP contribution in [0.2, 0.25) is 0 Å². The minimum absolute atomic E-state index is 0.00357. The van der Waals surface area contributed by atoms with Gasteiger partial charge in [0.2, 0.25) is 0 Å². The van der Waals surface area contributed by atoms with E-state index in [4.69, 9.17) is 0 Å². The molecule has 0 fully saturated rings. The Morgan fingerprint density at radius 1 is 1.33 bits per heavy atom. The Labute approximate surface area is 111 Å². The number of amides is 1. The van der Waals surface area contributed by atoms with Gasteiger partial charge in [0.05, 0.1) is 0 Å². The third-order valence-corrected chi connectivity index (χ3v) is 3.46. The van der Waals surface area contributed by atoms with Crippen molar-refractivity contribution in [2.24, 2.45) is 0 Å². The van der Waals surface area contributed by atoms with E-state index < -0.39 is 0 Å². The zero-order chi connectivity index (χ0) is 13.0. The summed E-state index contributed by atoms with van der Waals surface area (Å²) in [7, 11) is 0. The molecule has 0 N–H and O–H groups in total. The topological polar surface area (TPSA) is 33.2 Å². The summed E-state index contributed by atoms with van der Waals surface area (Å²) in [5.74, 6) is 0.00357. The molecule has 0 unspecified atom stereocenters. The van der Waals surface area contributed by atoms with Crippen molar-refractivity contribution in [1.29, 1.82) is 0 Å². The van der Waals surface area contributed by atoms with Crippen LogP contribution in [0.3, 0.4) is 0 Å². The van der Waals surface area contributed by atoms with E-state index in [1.807, 2.05) is 54.5 Å². The average Bonchev–Trinajstić information content (AvgIpc) is 2.90. The summed E-state index contributed by atoms with van der Waals surface area (Å²) >= 11 is 1.39. The van der Waals surface area contributed by atoms with Gasteiger partial charge in [0.1, 0.15) is 0 Å². The number of nitrogens with zero attached hydrogens (tertiary/aromatic N) is 2. The van der Waals surface area contributed by atoms with E-state index in [0.717, 1.165) is 5.56 Å². The fraction of sp³-hybridized carbons (Fsp3) is 0.286. The van der Waals surface area contributed by atoms with Gasteiger partial charge in [-0.05, 0) is 19.4 Å². The first-order valence-electron chi connectivity index (χ1n) is 5.93. The number of benzene rings is 1. The molecule has 0 saturated heterocycles. The molecule has 0 spiro atoms. The van der Waals surface area contributed by atoms with Gasteiger partial charge in [-0.1, -0.05) is 30.3 Å². The molecule has 4 heteroatoms. The van der Waals surface area contributed by atoms with Crippen LogP contribution in [0.25, 0.3) is 0 Å². The number of aromatic nitrogens is 1. The standard InChI is InChI=1S/C14H16N2OS/c1-11(2)16(10-12-6-4-3-5-7-12)14(17)13-15-8-9-18-13/h3-9,11H,10H2,1-2H3. The Bertz CT molecular complexity index is 494. The van der Waals surface area contributed by atoms with Gasteiger partial charge in [-0.3, -0.25) is 4.79 Å². The van der Waals surface area contributed by atoms with Crippen molar-refractivity contribution < 1.29 is 4.79 Å². The van der Waals surface area contributed by atoms with E-state index in [9.17, 15) is 4.79 Å². The van der Waals surface area contributed by atoms with Gasteiger partial charge in [0.25, 0.3) is 5.91 Å². The fourth-order valence-electron chi connectivity index (χ4n) is 1.72. The zero-order valence-corrected chi connectivity index (χ0v) is 11.4. The van der Waals surface area contributed by atoms with Crippen LogP contribution in [-0.4, -0.2) is 21.8 Å². The molecule has 0 atom stereocenters. The van der Waals surface area contributed by atoms with Crippen molar-refractivity contribution >= 4 is 17.2 Å². The molecule has 0 saturated carbocycles. The summed E-state index contributed by atoms with van der Waals surface area (Å²) in [5.41, 5.74) is 1.14. The van der Waals surface area contributed by atoms with Crippen LogP contribution >= 0.6 is 11.3 Å². The lowest BCUT2D eigenvalue weighted by Crippen LogP contribution is -2.36. The van der Waals surface area contributed by atoms with Crippen LogP contribution in [0.5, 0.6) is 0 Å². The van der Waals surface area contributed by atoms with Gasteiger partial charge < -0.3 is 4.90 Å². The van der Waals surface area contributed by atoms with Crippen molar-refractivity contribution in [3.8, 4) is 0 Å². The van der Waals surface area contributed by atoms with Crippen molar-refractivity contribution in [3.63, 3.8) is 0 Å². The summed E-state index contributed by atoms with van der Waals surface area (Å²) in [6.07, 6.45) is 1.67. The predicted molar refractivity (Wildman–Crippen MR) is 73.6 cm³/mol. The van der Waals surface area contributed by atoms with E-state index in [1.165, 1.54) is 11.3 Å². The van der Waals surface area contributed by atoms with Crippen LogP contribution in [0, 0.1) is 0 Å². The van der Waals surface area contributed by atoms with Crippen molar-refractivity contribution in [2.45, 2.75) is 26.4 Å². The zero-order valence-electron chi connectivity index (χ0n) is 10.5. The van der Waals surface area contributed by atoms with Gasteiger partial charge in [-0.25, -0.2) is 4.98 Å². The van der Waals surface area contributed by atoms with E-state index >= 15 is 0 Å². The van der Waals surface area contributed by atoms with E-state index in [-0.39, 0.29) is 11.9 Å². The van der Waals surface area contributed by atoms with E-state index in [1.54, 1.807) is 6.20 Å². The van der Waals surface area contributed by atoms with Gasteiger partial charge in [0.15, 0.2) is 5.01 Å². The summed E-state index contributed by atoms with van der Waals surface area (Å²) in [6, 6.07) is 10.2. The highest BCUT2D eigenvalue weighted by molar-refractivity contribution is 7.11. The molecule has 0 bridgehead atoms. The highest BCUT2D eigenvalue weighted by Crippen LogP contribution is 2.14. The molecule has 0 aliphatic carbocycles. The van der Waals surface area contributed by atoms with Crippen LogP contribution < -0.4 is 0 Å². The molecule has 1 amide bonds. The third kappa shape index (κ3) is 2.96. The van der Waals surface area contributed by atoms with Crippen molar-refractivity contribution in [1.82, 2.24) is 9.88 Å². The monoisotopic (exact) mass is 260 g/mol. The molecular weight excluding hydrogens is 244 g/mol. The quantitative estimate of drug-likeness (QED) is 0.845. The SMILES string of the molecule is CC(C)N(Cc1ccccc1)C(=O)c1nccs1. The molecular formula is C14H16N2OS. The maximum atomic E-state index is 12.3. The van der Waals surface area contributed by atoms with Crippen LogP contribution in [0.4, 0.5) is 0 Å². The molecule has 0 aliphatic heterocycles. The normalized spacial score (nSPS) is 10.6. The number of carbonyl (C=O) groups is 1. The van der Waals surface area contributed by atoms with E-state index in [0.29, 0.717) is 11.6 Å². The first kappa shape index (κ1) is 12.8. The Hall–Kier alpha value is -1.68. The molecule has 0 aliphatic rings. The average molecular weight is 260 g/mol. The highest BCUT2D eigenvalue weighted by atomic mass is 32.1. The second-order valence-electron chi connectivity index (χ2n) is 4.35. The Morgan fingerprint density at radius 2 is 2.06 bits per heavy atom. The van der Waals surface area contributed by atoms with Gasteiger partial charge >= 0.3 is 0 Å². The number of hydrogen-bond acceptors (Lipinski definition) is 3. The minimum Gasteiger partial charge on any atom is -0.330 e. The summed E-state index contributed by atoms with van der Waals surface area (Å²) in [5, 5.41) is 2.38. The molecule has 1 aromatic heterocycles. The van der Waals surface area contributed by atoms with Gasteiger partial charge in [0, 0.05) is 24.2 Å². The number of hydrogen-bond donors (Lipinski definition) is 0. The van der Waals surface area contributed by atoms with E-state index in [2.05, 4.69) is 4.98 Å². The molecule has 2 aromatic rings. The lowest BCUT2D eigenvalue weighted by molar-refractivity contribution is 0.0690. The Kier molecular flexibility index (Phi) is 4.10. The molecule has 1 aromatic carbocycles. The summed E-state index contributed by atoms with van der Waals surface area (Å²) in [4.78, 5) is 18.3. The predicted octanol–water partition coefficient (Wildman–Crippen LogP) is 3.19. The smallest absolute Gasteiger partial charge is 0.283 e. The fourth-order valence-corrected chi connectivity index (χ4v) is 2.31. The Morgan fingerprint density at radius 3 is 2.61 bits per heavy atom. The lowest BCUT2D eigenvalue weighted by Gasteiger charge is -2.25. The third-order valence-electron chi connectivity index (χ3n) is 2.70. The minimum atomic E-state index is 0.00357. The maximum absolute atomic E-state index is 12.3. The summed E-state index contributed by atoms with van der Waals surface area (Å²) < 4.78 is 0. The van der Waals surface area contributed by atoms with Crippen molar-refractivity contribution in [3.05, 3.63) is 52.5 Å². The number of thiazole rings is 1. The van der Waals surface area contributed by atoms with Crippen LogP contribution in [0.1, 0.15) is 29.2 Å². The molecule has 94 valence electrons. The second kappa shape index (κ2) is 5.78. The first-order valence-corrected chi connectivity index (χ1v) is 6.81. The molecule has 3 nitrogen and oxygen atoms in total. The molecule has 0 radical (unpaired) electrons. The summed E-state index contributed by atoms with van der Waals surface area (Å²) in [6.45, 7) is 4.67. The number of rotatable bonds is 4. The van der Waals surface area contributed by atoms with Crippen LogP contribution in [-0.2, 0) is 6.54 Å². The molecule has 2 rings (SSSR count). The molecule has 18 heavy (non-hydrogen) atoms. The second-order valence-corrected chi connectivity index (χ2v) is 5.24. The van der Waals surface area contributed by atoms with Crippen LogP contribution in [0.15, 0.2) is 41.9 Å². The largest absolute Gasteiger partial charge is 0.330 e. The van der Waals surface area contributed by atoms with Gasteiger partial charge in [-0.2, -0.15) is 0 Å². The maximum Gasteiger partial charge on any atom is 0.283 e.